The Balaban J connectivity index is 2.53. The molecule has 0 aliphatic carbocycles. The van der Waals surface area contributed by atoms with Crippen LogP contribution in [-0.4, -0.2) is 33.6 Å². The van der Waals surface area contributed by atoms with E-state index in [-0.39, 0.29) is 21.2 Å². The number of aromatic carboxylic acids is 1. The Morgan fingerprint density at radius 1 is 1.12 bits per heavy atom. The normalized spacial score (nSPS) is 11.2. The number of anilines is 2. The van der Waals surface area contributed by atoms with Crippen molar-refractivity contribution in [2.45, 2.75) is 4.90 Å². The first-order valence-corrected chi connectivity index (χ1v) is 8.89. The van der Waals surface area contributed by atoms with Crippen LogP contribution in [0.3, 0.4) is 0 Å². The van der Waals surface area contributed by atoms with E-state index < -0.39 is 16.0 Å². The van der Waals surface area contributed by atoms with Crippen LogP contribution in [0.5, 0.6) is 0 Å². The van der Waals surface area contributed by atoms with Crippen LogP contribution in [0.15, 0.2) is 41.3 Å². The molecule has 128 valence electrons. The zero-order valence-electron chi connectivity index (χ0n) is 12.7. The molecule has 0 saturated carbocycles. The van der Waals surface area contributed by atoms with Gasteiger partial charge in [-0.25, -0.2) is 13.2 Å². The zero-order valence-corrected chi connectivity index (χ0v) is 15.1. The Bertz CT molecular complexity index is 898. The summed E-state index contributed by atoms with van der Waals surface area (Å²) >= 11 is 12.1. The summed E-state index contributed by atoms with van der Waals surface area (Å²) < 4.78 is 27.7. The number of sulfonamides is 1. The van der Waals surface area contributed by atoms with Crippen molar-refractivity contribution in [3.63, 3.8) is 0 Å². The number of nitrogens with zero attached hydrogens (tertiary/aromatic N) is 1. The Kier molecular flexibility index (Phi) is 5.27. The lowest BCUT2D eigenvalue weighted by Gasteiger charge is -2.20. The lowest BCUT2D eigenvalue weighted by atomic mass is 10.2. The molecule has 2 N–H and O–H groups in total. The van der Waals surface area contributed by atoms with Gasteiger partial charge < -0.3 is 10.0 Å². The summed E-state index contributed by atoms with van der Waals surface area (Å²) in [7, 11) is -0.665. The van der Waals surface area contributed by atoms with Crippen molar-refractivity contribution >= 4 is 50.6 Å². The Morgan fingerprint density at radius 3 is 2.38 bits per heavy atom. The van der Waals surface area contributed by atoms with Crippen LogP contribution in [0, 0.1) is 0 Å². The molecule has 0 aliphatic rings. The van der Waals surface area contributed by atoms with E-state index in [4.69, 9.17) is 28.3 Å². The molecule has 24 heavy (non-hydrogen) atoms. The SMILES string of the molecule is CN(C)c1c(Cl)cccc1NS(=O)(=O)c1cc(C(=O)O)ccc1Cl. The van der Waals surface area contributed by atoms with Crippen molar-refractivity contribution in [1.29, 1.82) is 0 Å². The summed E-state index contributed by atoms with van der Waals surface area (Å²) in [6.07, 6.45) is 0. The van der Waals surface area contributed by atoms with Crippen molar-refractivity contribution in [2.75, 3.05) is 23.7 Å². The highest BCUT2D eigenvalue weighted by Gasteiger charge is 2.22. The zero-order chi connectivity index (χ0) is 18.1. The van der Waals surface area contributed by atoms with Crippen molar-refractivity contribution in [2.24, 2.45) is 0 Å². The molecule has 0 radical (unpaired) electrons. The molecule has 2 rings (SSSR count). The van der Waals surface area contributed by atoms with Gasteiger partial charge in [0.1, 0.15) is 4.90 Å². The Morgan fingerprint density at radius 2 is 1.79 bits per heavy atom. The molecule has 0 fully saturated rings. The molecular formula is C15H14Cl2N2O4S. The second-order valence-electron chi connectivity index (χ2n) is 5.09. The van der Waals surface area contributed by atoms with Gasteiger partial charge in [0.2, 0.25) is 0 Å². The minimum absolute atomic E-state index is 0.0825. The second kappa shape index (κ2) is 6.88. The topological polar surface area (TPSA) is 86.7 Å². The predicted molar refractivity (Wildman–Crippen MR) is 95.0 cm³/mol. The molecule has 0 amide bonds. The fraction of sp³-hybridized carbons (Fsp3) is 0.133. The minimum Gasteiger partial charge on any atom is -0.478 e. The summed E-state index contributed by atoms with van der Waals surface area (Å²) in [5, 5.41) is 9.31. The third-order valence-corrected chi connectivity index (χ3v) is 5.30. The number of rotatable bonds is 5. The molecule has 0 heterocycles. The fourth-order valence-electron chi connectivity index (χ4n) is 2.09. The van der Waals surface area contributed by atoms with E-state index in [0.29, 0.717) is 10.7 Å². The quantitative estimate of drug-likeness (QED) is 0.817. The smallest absolute Gasteiger partial charge is 0.335 e. The molecule has 0 saturated heterocycles. The highest BCUT2D eigenvalue weighted by atomic mass is 35.5. The van der Waals surface area contributed by atoms with Crippen molar-refractivity contribution < 1.29 is 18.3 Å². The summed E-state index contributed by atoms with van der Waals surface area (Å²) in [6, 6.07) is 8.24. The number of benzene rings is 2. The molecule has 0 atom stereocenters. The summed E-state index contributed by atoms with van der Waals surface area (Å²) in [5.74, 6) is -1.25. The average molecular weight is 389 g/mol. The van der Waals surface area contributed by atoms with E-state index >= 15 is 0 Å². The van der Waals surface area contributed by atoms with Crippen LogP contribution in [0.2, 0.25) is 10.0 Å². The maximum absolute atomic E-state index is 12.6. The largest absolute Gasteiger partial charge is 0.478 e. The number of hydrogen-bond donors (Lipinski definition) is 2. The van der Waals surface area contributed by atoms with E-state index in [2.05, 4.69) is 4.72 Å². The Labute approximate surface area is 149 Å². The van der Waals surface area contributed by atoms with Crippen molar-refractivity contribution in [3.05, 3.63) is 52.0 Å². The van der Waals surface area contributed by atoms with E-state index in [0.717, 1.165) is 6.07 Å². The minimum atomic E-state index is -4.10. The van der Waals surface area contributed by atoms with Crippen molar-refractivity contribution in [3.8, 4) is 0 Å². The van der Waals surface area contributed by atoms with Crippen LogP contribution < -0.4 is 9.62 Å². The Hall–Kier alpha value is -1.96. The first-order chi connectivity index (χ1) is 11.1. The number of nitrogens with one attached hydrogen (secondary N) is 1. The molecule has 2 aromatic rings. The molecule has 0 unspecified atom stereocenters. The number of carboxylic acids is 1. The standard InChI is InChI=1S/C15H14Cl2N2O4S/c1-19(2)14-11(17)4-3-5-12(14)18-24(22,23)13-8-9(15(20)21)6-7-10(13)16/h3-8,18H,1-2H3,(H,20,21). The number of carbonyl (C=O) groups is 1. The lowest BCUT2D eigenvalue weighted by Crippen LogP contribution is -2.18. The van der Waals surface area contributed by atoms with Crippen LogP contribution in [0.1, 0.15) is 10.4 Å². The highest BCUT2D eigenvalue weighted by molar-refractivity contribution is 7.92. The van der Waals surface area contributed by atoms with Crippen molar-refractivity contribution in [1.82, 2.24) is 0 Å². The van der Waals surface area contributed by atoms with Gasteiger partial charge in [-0.15, -0.1) is 0 Å². The van der Waals surface area contributed by atoms with Gasteiger partial charge in [-0.3, -0.25) is 4.72 Å². The third-order valence-electron chi connectivity index (χ3n) is 3.15. The van der Waals surface area contributed by atoms with Gasteiger partial charge in [0.05, 0.1) is 27.0 Å². The summed E-state index contributed by atoms with van der Waals surface area (Å²) in [6.45, 7) is 0. The van der Waals surface area contributed by atoms with Crippen LogP contribution in [-0.2, 0) is 10.0 Å². The number of hydrogen-bond acceptors (Lipinski definition) is 4. The molecule has 0 spiro atoms. The molecule has 0 aromatic heterocycles. The molecule has 0 bridgehead atoms. The van der Waals surface area contributed by atoms with Crippen LogP contribution >= 0.6 is 23.2 Å². The van der Waals surface area contributed by atoms with E-state index in [1.165, 1.54) is 12.1 Å². The van der Waals surface area contributed by atoms with Crippen LogP contribution in [0.25, 0.3) is 0 Å². The van der Waals surface area contributed by atoms with E-state index in [1.54, 1.807) is 37.2 Å². The maximum atomic E-state index is 12.6. The molecule has 0 aliphatic heterocycles. The first kappa shape index (κ1) is 18.4. The van der Waals surface area contributed by atoms with E-state index in [1.807, 2.05) is 0 Å². The number of carboxylic acid groups (broad SMARTS) is 1. The lowest BCUT2D eigenvalue weighted by molar-refractivity contribution is 0.0696. The van der Waals surface area contributed by atoms with Gasteiger partial charge in [0.25, 0.3) is 10.0 Å². The van der Waals surface area contributed by atoms with Gasteiger partial charge in [0, 0.05) is 14.1 Å². The fourth-order valence-corrected chi connectivity index (χ4v) is 4.03. The van der Waals surface area contributed by atoms with Gasteiger partial charge >= 0.3 is 5.97 Å². The van der Waals surface area contributed by atoms with Gasteiger partial charge in [0.15, 0.2) is 0 Å². The first-order valence-electron chi connectivity index (χ1n) is 6.65. The molecule has 6 nitrogen and oxygen atoms in total. The predicted octanol–water partition coefficient (Wildman–Crippen LogP) is 3.56. The van der Waals surface area contributed by atoms with E-state index in [9.17, 15) is 13.2 Å². The third kappa shape index (κ3) is 3.75. The number of para-hydroxylation sites is 1. The highest BCUT2D eigenvalue weighted by Crippen LogP contribution is 2.34. The number of halogens is 2. The summed E-state index contributed by atoms with van der Waals surface area (Å²) in [4.78, 5) is 12.4. The molecular weight excluding hydrogens is 375 g/mol. The van der Waals surface area contributed by atoms with Gasteiger partial charge in [-0.1, -0.05) is 29.3 Å². The average Bonchev–Trinajstić information content (AvgIpc) is 2.46. The molecule has 9 heteroatoms. The van der Waals surface area contributed by atoms with Gasteiger partial charge in [-0.05, 0) is 30.3 Å². The van der Waals surface area contributed by atoms with Gasteiger partial charge in [-0.2, -0.15) is 0 Å². The molecule has 2 aromatic carbocycles. The monoisotopic (exact) mass is 388 g/mol. The second-order valence-corrected chi connectivity index (χ2v) is 7.55. The summed E-state index contributed by atoms with van der Waals surface area (Å²) in [5.41, 5.74) is 0.552. The maximum Gasteiger partial charge on any atom is 0.335 e. The van der Waals surface area contributed by atoms with Crippen LogP contribution in [0.4, 0.5) is 11.4 Å².